The highest BCUT2D eigenvalue weighted by atomic mass is 127. The Hall–Kier alpha value is -0.990. The molecule has 0 radical (unpaired) electrons. The Morgan fingerprint density at radius 2 is 1.95 bits per heavy atom. The lowest BCUT2D eigenvalue weighted by Crippen LogP contribution is -2.45. The molecule has 0 bridgehead atoms. The van der Waals surface area contributed by atoms with Crippen molar-refractivity contribution in [3.63, 3.8) is 0 Å². The average Bonchev–Trinajstić information content (AvgIpc) is 2.88. The number of amides is 1. The Kier molecular flexibility index (Phi) is 9.47. The van der Waals surface area contributed by atoms with Gasteiger partial charge in [0.25, 0.3) is 0 Å². The molecule has 128 valence electrons. The van der Waals surface area contributed by atoms with Gasteiger partial charge in [0.05, 0.1) is 0 Å². The number of rotatable bonds is 4. The topological polar surface area (TPSA) is 66.0 Å². The number of ether oxygens (including phenoxy) is 1. The SMILES string of the molecule is CN=C(NCCN(C)C(=O)OC(C)(C)C)NC1CC=CC1.I. The van der Waals surface area contributed by atoms with Gasteiger partial charge in [0.15, 0.2) is 5.96 Å². The highest BCUT2D eigenvalue weighted by Gasteiger charge is 2.19. The first-order valence-electron chi connectivity index (χ1n) is 7.38. The van der Waals surface area contributed by atoms with Gasteiger partial charge in [-0.25, -0.2) is 4.79 Å². The summed E-state index contributed by atoms with van der Waals surface area (Å²) in [6.07, 6.45) is 6.08. The maximum absolute atomic E-state index is 11.8. The highest BCUT2D eigenvalue weighted by molar-refractivity contribution is 14.0. The first-order chi connectivity index (χ1) is 9.81. The minimum atomic E-state index is -0.466. The van der Waals surface area contributed by atoms with E-state index < -0.39 is 5.60 Å². The molecule has 0 fully saturated rings. The molecule has 6 nitrogen and oxygen atoms in total. The van der Waals surface area contributed by atoms with E-state index in [9.17, 15) is 4.79 Å². The molecule has 0 heterocycles. The van der Waals surface area contributed by atoms with Crippen molar-refractivity contribution in [1.29, 1.82) is 0 Å². The van der Waals surface area contributed by atoms with Gasteiger partial charge in [-0.2, -0.15) is 0 Å². The van der Waals surface area contributed by atoms with Gasteiger partial charge in [-0.05, 0) is 33.6 Å². The van der Waals surface area contributed by atoms with Gasteiger partial charge in [0.1, 0.15) is 5.60 Å². The molecular weight excluding hydrogens is 395 g/mol. The fraction of sp³-hybridized carbons (Fsp3) is 0.733. The van der Waals surface area contributed by atoms with Crippen LogP contribution in [0, 0.1) is 0 Å². The van der Waals surface area contributed by atoms with Crippen molar-refractivity contribution >= 4 is 36.0 Å². The highest BCUT2D eigenvalue weighted by Crippen LogP contribution is 2.09. The second-order valence-corrected chi connectivity index (χ2v) is 6.18. The molecular formula is C15H29IN4O2. The number of nitrogens with one attached hydrogen (secondary N) is 2. The van der Waals surface area contributed by atoms with Gasteiger partial charge >= 0.3 is 6.09 Å². The van der Waals surface area contributed by atoms with Crippen molar-refractivity contribution in [1.82, 2.24) is 15.5 Å². The van der Waals surface area contributed by atoms with Crippen LogP contribution in [0.2, 0.25) is 0 Å². The van der Waals surface area contributed by atoms with Crippen molar-refractivity contribution in [2.45, 2.75) is 45.3 Å². The summed E-state index contributed by atoms with van der Waals surface area (Å²) >= 11 is 0. The van der Waals surface area contributed by atoms with Crippen LogP contribution < -0.4 is 10.6 Å². The number of aliphatic imine (C=N–C) groups is 1. The second kappa shape index (κ2) is 9.91. The van der Waals surface area contributed by atoms with Crippen LogP contribution in [0.25, 0.3) is 0 Å². The molecule has 1 rings (SSSR count). The van der Waals surface area contributed by atoms with Crippen LogP contribution in [0.15, 0.2) is 17.1 Å². The molecule has 7 heteroatoms. The smallest absolute Gasteiger partial charge is 0.410 e. The molecule has 1 amide bonds. The summed E-state index contributed by atoms with van der Waals surface area (Å²) in [7, 11) is 3.47. The third-order valence-electron chi connectivity index (χ3n) is 3.02. The Morgan fingerprint density at radius 3 is 2.45 bits per heavy atom. The summed E-state index contributed by atoms with van der Waals surface area (Å²) in [5.74, 6) is 0.765. The van der Waals surface area contributed by atoms with Gasteiger partial charge in [0.2, 0.25) is 0 Å². The summed E-state index contributed by atoms with van der Waals surface area (Å²) in [6, 6.07) is 0.416. The predicted octanol–water partition coefficient (Wildman–Crippen LogP) is 2.35. The van der Waals surface area contributed by atoms with E-state index in [0.717, 1.165) is 18.8 Å². The van der Waals surface area contributed by atoms with Crippen molar-refractivity contribution in [2.75, 3.05) is 27.2 Å². The minimum Gasteiger partial charge on any atom is -0.444 e. The molecule has 1 aliphatic carbocycles. The number of carbonyl (C=O) groups is 1. The van der Waals surface area contributed by atoms with Crippen molar-refractivity contribution < 1.29 is 9.53 Å². The van der Waals surface area contributed by atoms with Crippen molar-refractivity contribution in [3.8, 4) is 0 Å². The van der Waals surface area contributed by atoms with E-state index in [1.54, 1.807) is 19.0 Å². The summed E-state index contributed by atoms with van der Waals surface area (Å²) in [6.45, 7) is 6.75. The lowest BCUT2D eigenvalue weighted by molar-refractivity contribution is 0.0302. The number of nitrogens with zero attached hydrogens (tertiary/aromatic N) is 2. The molecule has 0 atom stereocenters. The molecule has 2 N–H and O–H groups in total. The fourth-order valence-corrected chi connectivity index (χ4v) is 1.90. The molecule has 0 aromatic heterocycles. The van der Waals surface area contributed by atoms with Crippen LogP contribution >= 0.6 is 24.0 Å². The van der Waals surface area contributed by atoms with E-state index in [1.807, 2.05) is 20.8 Å². The minimum absolute atomic E-state index is 0. The normalized spacial score (nSPS) is 15.2. The number of hydrogen-bond donors (Lipinski definition) is 2. The maximum atomic E-state index is 11.8. The molecule has 0 saturated carbocycles. The monoisotopic (exact) mass is 424 g/mol. The molecule has 1 aliphatic rings. The van der Waals surface area contributed by atoms with Crippen LogP contribution in [0.4, 0.5) is 4.79 Å². The molecule has 0 aromatic rings. The van der Waals surface area contributed by atoms with E-state index in [0.29, 0.717) is 19.1 Å². The van der Waals surface area contributed by atoms with E-state index in [-0.39, 0.29) is 30.1 Å². The number of hydrogen-bond acceptors (Lipinski definition) is 3. The van der Waals surface area contributed by atoms with Gasteiger partial charge in [-0.1, -0.05) is 12.2 Å². The zero-order chi connectivity index (χ0) is 15.9. The summed E-state index contributed by atoms with van der Waals surface area (Å²) in [5, 5.41) is 6.56. The third-order valence-corrected chi connectivity index (χ3v) is 3.02. The van der Waals surface area contributed by atoms with Gasteiger partial charge in [-0.15, -0.1) is 24.0 Å². The quantitative estimate of drug-likeness (QED) is 0.315. The molecule has 0 aliphatic heterocycles. The number of carbonyl (C=O) groups excluding carboxylic acids is 1. The first kappa shape index (κ1) is 21.0. The van der Waals surface area contributed by atoms with Crippen LogP contribution in [0.3, 0.4) is 0 Å². The average molecular weight is 424 g/mol. The molecule has 0 aromatic carbocycles. The van der Waals surface area contributed by atoms with Crippen LogP contribution in [-0.4, -0.2) is 55.8 Å². The van der Waals surface area contributed by atoms with Gasteiger partial charge in [-0.3, -0.25) is 4.99 Å². The number of likely N-dealkylation sites (N-methyl/N-ethyl adjacent to an activating group) is 1. The molecule has 0 spiro atoms. The van der Waals surface area contributed by atoms with Gasteiger partial charge in [0, 0.05) is 33.2 Å². The number of halogens is 1. The fourth-order valence-electron chi connectivity index (χ4n) is 1.90. The largest absolute Gasteiger partial charge is 0.444 e. The van der Waals surface area contributed by atoms with Crippen LogP contribution in [0.1, 0.15) is 33.6 Å². The summed E-state index contributed by atoms with van der Waals surface area (Å²) in [5.41, 5.74) is -0.466. The summed E-state index contributed by atoms with van der Waals surface area (Å²) in [4.78, 5) is 17.5. The Bertz CT molecular complexity index is 397. The molecule has 22 heavy (non-hydrogen) atoms. The zero-order valence-electron chi connectivity index (χ0n) is 14.2. The zero-order valence-corrected chi connectivity index (χ0v) is 16.5. The standard InChI is InChI=1S/C15H28N4O2.HI/c1-15(2,3)21-14(20)19(5)11-10-17-13(16-4)18-12-8-6-7-9-12;/h6-7,12H,8-11H2,1-5H3,(H2,16,17,18);1H. The van der Waals surface area contributed by atoms with E-state index >= 15 is 0 Å². The second-order valence-electron chi connectivity index (χ2n) is 6.18. The van der Waals surface area contributed by atoms with E-state index in [4.69, 9.17) is 4.74 Å². The summed E-state index contributed by atoms with van der Waals surface area (Å²) < 4.78 is 5.30. The lowest BCUT2D eigenvalue weighted by atomic mass is 10.2. The maximum Gasteiger partial charge on any atom is 0.410 e. The number of guanidine groups is 1. The van der Waals surface area contributed by atoms with E-state index in [1.165, 1.54) is 0 Å². The van der Waals surface area contributed by atoms with Crippen molar-refractivity contribution in [2.24, 2.45) is 4.99 Å². The first-order valence-corrected chi connectivity index (χ1v) is 7.38. The predicted molar refractivity (Wildman–Crippen MR) is 101 cm³/mol. The third kappa shape index (κ3) is 8.45. The lowest BCUT2D eigenvalue weighted by Gasteiger charge is -2.25. The van der Waals surface area contributed by atoms with Gasteiger partial charge < -0.3 is 20.3 Å². The van der Waals surface area contributed by atoms with Crippen molar-refractivity contribution in [3.05, 3.63) is 12.2 Å². The van der Waals surface area contributed by atoms with Crippen LogP contribution in [0.5, 0.6) is 0 Å². The molecule has 0 unspecified atom stereocenters. The van der Waals surface area contributed by atoms with E-state index in [2.05, 4.69) is 27.8 Å². The Morgan fingerprint density at radius 1 is 1.36 bits per heavy atom. The Labute approximate surface area is 150 Å². The van der Waals surface area contributed by atoms with Crippen LogP contribution in [-0.2, 0) is 4.74 Å². The molecule has 0 saturated heterocycles. The Balaban J connectivity index is 0.00000441.